The van der Waals surface area contributed by atoms with Gasteiger partial charge in [0.2, 0.25) is 0 Å². The average molecular weight is 189 g/mol. The molecular formula is C10H11N3O. The smallest absolute Gasteiger partial charge is 0.142 e. The highest BCUT2D eigenvalue weighted by Crippen LogP contribution is 2.13. The van der Waals surface area contributed by atoms with E-state index in [9.17, 15) is 0 Å². The summed E-state index contributed by atoms with van der Waals surface area (Å²) in [5.41, 5.74) is 1.38. The summed E-state index contributed by atoms with van der Waals surface area (Å²) in [5, 5.41) is 12.0. The number of anilines is 1. The molecule has 2 rings (SSSR count). The average Bonchev–Trinajstić information content (AvgIpc) is 2.71. The minimum Gasteiger partial charge on any atom is -0.380 e. The number of aromatic nitrogens is 1. The van der Waals surface area contributed by atoms with Crippen LogP contribution in [0, 0.1) is 11.3 Å². The quantitative estimate of drug-likeness (QED) is 0.758. The first-order valence-corrected chi connectivity index (χ1v) is 4.59. The molecule has 0 aliphatic carbocycles. The van der Waals surface area contributed by atoms with Crippen LogP contribution in [-0.4, -0.2) is 24.2 Å². The van der Waals surface area contributed by atoms with E-state index in [1.807, 2.05) is 12.1 Å². The Bertz CT molecular complexity index is 353. The zero-order valence-corrected chi connectivity index (χ0v) is 7.73. The molecule has 1 aliphatic heterocycles. The van der Waals surface area contributed by atoms with Crippen molar-refractivity contribution in [1.29, 1.82) is 5.26 Å². The molecule has 0 spiro atoms. The second kappa shape index (κ2) is 4.07. The highest BCUT2D eigenvalue weighted by Gasteiger charge is 2.14. The van der Waals surface area contributed by atoms with E-state index in [2.05, 4.69) is 10.3 Å². The largest absolute Gasteiger partial charge is 0.380 e. The van der Waals surface area contributed by atoms with Gasteiger partial charge in [-0.3, -0.25) is 0 Å². The van der Waals surface area contributed by atoms with Crippen molar-refractivity contribution in [2.24, 2.45) is 0 Å². The van der Waals surface area contributed by atoms with Crippen LogP contribution in [0.15, 0.2) is 18.3 Å². The molecule has 1 aliphatic rings. The minimum absolute atomic E-state index is 0.365. The lowest BCUT2D eigenvalue weighted by Crippen LogP contribution is -2.18. The number of nitrogens with zero attached hydrogens (tertiary/aromatic N) is 2. The maximum atomic E-state index is 8.66. The molecule has 0 aromatic carbocycles. The normalized spacial score (nSPS) is 20.4. The maximum absolute atomic E-state index is 8.66. The summed E-state index contributed by atoms with van der Waals surface area (Å²) in [4.78, 5) is 3.90. The van der Waals surface area contributed by atoms with Crippen molar-refractivity contribution in [3.63, 3.8) is 0 Å². The highest BCUT2D eigenvalue weighted by atomic mass is 16.5. The van der Waals surface area contributed by atoms with Crippen LogP contribution in [0.5, 0.6) is 0 Å². The topological polar surface area (TPSA) is 57.9 Å². The summed E-state index contributed by atoms with van der Waals surface area (Å²) in [6, 6.07) is 5.98. The zero-order chi connectivity index (χ0) is 9.80. The van der Waals surface area contributed by atoms with Gasteiger partial charge in [0.1, 0.15) is 11.8 Å². The predicted octanol–water partition coefficient (Wildman–Crippen LogP) is 1.15. The third kappa shape index (κ3) is 2.01. The molecule has 0 amide bonds. The molecule has 0 saturated carbocycles. The summed E-state index contributed by atoms with van der Waals surface area (Å²) in [7, 11) is 0. The molecule has 1 aromatic heterocycles. The second-order valence-electron chi connectivity index (χ2n) is 3.25. The first-order chi connectivity index (χ1) is 6.88. The van der Waals surface area contributed by atoms with Crippen LogP contribution in [0.1, 0.15) is 12.1 Å². The molecule has 1 saturated heterocycles. The number of nitriles is 1. The lowest BCUT2D eigenvalue weighted by Gasteiger charge is -2.11. The van der Waals surface area contributed by atoms with Gasteiger partial charge in [0.05, 0.1) is 12.6 Å². The number of nitrogens with one attached hydrogen (secondary N) is 1. The van der Waals surface area contributed by atoms with Crippen molar-refractivity contribution in [2.45, 2.75) is 12.5 Å². The SMILES string of the molecule is N#Cc1cc(NC2CCOC2)ccn1. The van der Waals surface area contributed by atoms with Crippen LogP contribution >= 0.6 is 0 Å². The maximum Gasteiger partial charge on any atom is 0.142 e. The van der Waals surface area contributed by atoms with Crippen LogP contribution < -0.4 is 5.32 Å². The monoisotopic (exact) mass is 189 g/mol. The van der Waals surface area contributed by atoms with Gasteiger partial charge in [0, 0.05) is 18.5 Å². The Kier molecular flexibility index (Phi) is 2.61. The Morgan fingerprint density at radius 3 is 3.29 bits per heavy atom. The Hall–Kier alpha value is -1.60. The minimum atomic E-state index is 0.365. The molecule has 0 bridgehead atoms. The molecule has 2 heterocycles. The summed E-state index contributed by atoms with van der Waals surface area (Å²) < 4.78 is 5.24. The van der Waals surface area contributed by atoms with Gasteiger partial charge >= 0.3 is 0 Å². The van der Waals surface area contributed by atoms with Gasteiger partial charge in [0.15, 0.2) is 0 Å². The van der Waals surface area contributed by atoms with Gasteiger partial charge in [-0.15, -0.1) is 0 Å². The van der Waals surface area contributed by atoms with Crippen LogP contribution in [0.4, 0.5) is 5.69 Å². The number of rotatable bonds is 2. The van der Waals surface area contributed by atoms with Crippen LogP contribution in [0.3, 0.4) is 0 Å². The van der Waals surface area contributed by atoms with Crippen molar-refractivity contribution >= 4 is 5.69 Å². The Morgan fingerprint density at radius 2 is 2.57 bits per heavy atom. The fourth-order valence-electron chi connectivity index (χ4n) is 1.47. The lowest BCUT2D eigenvalue weighted by atomic mass is 10.2. The van der Waals surface area contributed by atoms with E-state index in [1.165, 1.54) is 0 Å². The Balaban J connectivity index is 2.05. The number of hydrogen-bond donors (Lipinski definition) is 1. The summed E-state index contributed by atoms with van der Waals surface area (Å²) in [5.74, 6) is 0. The Labute approximate surface area is 82.5 Å². The van der Waals surface area contributed by atoms with Crippen molar-refractivity contribution in [3.05, 3.63) is 24.0 Å². The molecule has 1 unspecified atom stereocenters. The van der Waals surface area contributed by atoms with Gasteiger partial charge < -0.3 is 10.1 Å². The van der Waals surface area contributed by atoms with E-state index >= 15 is 0 Å². The van der Waals surface area contributed by atoms with Crippen molar-refractivity contribution < 1.29 is 4.74 Å². The zero-order valence-electron chi connectivity index (χ0n) is 7.73. The molecule has 1 aromatic rings. The fraction of sp³-hybridized carbons (Fsp3) is 0.400. The van der Waals surface area contributed by atoms with E-state index in [0.29, 0.717) is 11.7 Å². The van der Waals surface area contributed by atoms with Gasteiger partial charge in [-0.05, 0) is 18.6 Å². The van der Waals surface area contributed by atoms with Crippen LogP contribution in [0.25, 0.3) is 0 Å². The third-order valence-corrected chi connectivity index (χ3v) is 2.17. The van der Waals surface area contributed by atoms with Gasteiger partial charge in [-0.25, -0.2) is 4.98 Å². The van der Waals surface area contributed by atoms with E-state index in [-0.39, 0.29) is 0 Å². The van der Waals surface area contributed by atoms with Gasteiger partial charge in [-0.2, -0.15) is 5.26 Å². The van der Waals surface area contributed by atoms with E-state index in [1.54, 1.807) is 12.3 Å². The Morgan fingerprint density at radius 1 is 1.64 bits per heavy atom. The molecule has 4 heteroatoms. The molecule has 1 fully saturated rings. The van der Waals surface area contributed by atoms with Crippen LogP contribution in [0.2, 0.25) is 0 Å². The molecular weight excluding hydrogens is 178 g/mol. The molecule has 0 radical (unpaired) electrons. The van der Waals surface area contributed by atoms with Crippen molar-refractivity contribution in [3.8, 4) is 6.07 Å². The molecule has 4 nitrogen and oxygen atoms in total. The highest BCUT2D eigenvalue weighted by molar-refractivity contribution is 5.46. The fourth-order valence-corrected chi connectivity index (χ4v) is 1.47. The van der Waals surface area contributed by atoms with E-state index < -0.39 is 0 Å². The number of hydrogen-bond acceptors (Lipinski definition) is 4. The van der Waals surface area contributed by atoms with Crippen molar-refractivity contribution in [1.82, 2.24) is 4.98 Å². The van der Waals surface area contributed by atoms with Gasteiger partial charge in [0.25, 0.3) is 0 Å². The van der Waals surface area contributed by atoms with E-state index in [0.717, 1.165) is 25.3 Å². The number of pyridine rings is 1. The first-order valence-electron chi connectivity index (χ1n) is 4.59. The summed E-state index contributed by atoms with van der Waals surface area (Å²) >= 11 is 0. The molecule has 1 atom stereocenters. The van der Waals surface area contributed by atoms with Crippen molar-refractivity contribution in [2.75, 3.05) is 18.5 Å². The van der Waals surface area contributed by atoms with E-state index in [4.69, 9.17) is 10.00 Å². The summed E-state index contributed by atoms with van der Waals surface area (Å²) in [6.07, 6.45) is 2.65. The third-order valence-electron chi connectivity index (χ3n) is 2.17. The van der Waals surface area contributed by atoms with Crippen LogP contribution in [-0.2, 0) is 4.74 Å². The first kappa shape index (κ1) is 8.97. The standard InChI is InChI=1S/C10H11N3O/c11-6-10-5-8(1-3-12-10)13-9-2-4-14-7-9/h1,3,5,9H,2,4,7H2,(H,12,13). The lowest BCUT2D eigenvalue weighted by molar-refractivity contribution is 0.195. The number of ether oxygens (including phenoxy) is 1. The molecule has 14 heavy (non-hydrogen) atoms. The van der Waals surface area contributed by atoms with Gasteiger partial charge in [-0.1, -0.05) is 0 Å². The molecule has 1 N–H and O–H groups in total. The predicted molar refractivity (Wildman–Crippen MR) is 51.8 cm³/mol. The second-order valence-corrected chi connectivity index (χ2v) is 3.25. The molecule has 72 valence electrons. The summed E-state index contributed by atoms with van der Waals surface area (Å²) in [6.45, 7) is 1.55.